The molecule has 0 bridgehead atoms. The first-order valence-electron chi connectivity index (χ1n) is 5.00. The molecule has 0 radical (unpaired) electrons. The summed E-state index contributed by atoms with van der Waals surface area (Å²) in [5.74, 6) is 0. The van der Waals surface area contributed by atoms with Gasteiger partial charge < -0.3 is 9.96 Å². The van der Waals surface area contributed by atoms with E-state index in [9.17, 15) is 0 Å². The quantitative estimate of drug-likeness (QED) is 0.677. The van der Waals surface area contributed by atoms with Crippen molar-refractivity contribution >= 4 is 0 Å². The van der Waals surface area contributed by atoms with E-state index in [0.29, 0.717) is 0 Å². The molecule has 0 atom stereocenters. The van der Waals surface area contributed by atoms with Gasteiger partial charge in [-0.25, -0.2) is 0 Å². The molecule has 0 saturated heterocycles. The number of hydrogen-bond acceptors (Lipinski definition) is 1. The predicted octanol–water partition coefficient (Wildman–Crippen LogP) is 2.15. The van der Waals surface area contributed by atoms with E-state index >= 15 is 0 Å². The number of hydrogen-bond donors (Lipinski definition) is 0. The van der Waals surface area contributed by atoms with Gasteiger partial charge in [0.2, 0.25) is 0 Å². The van der Waals surface area contributed by atoms with Crippen LogP contribution in [0.4, 0.5) is 0 Å². The monoisotopic (exact) mass is 195 g/mol. The molecule has 2 nitrogen and oxygen atoms in total. The lowest BCUT2D eigenvalue weighted by Crippen LogP contribution is -2.40. The van der Waals surface area contributed by atoms with E-state index in [1.165, 1.54) is 25.1 Å². The molecule has 1 aromatic rings. The summed E-state index contributed by atoms with van der Waals surface area (Å²) in [5, 5.41) is 0. The SMILES string of the molecule is CC[N+](C)(C)CCc1ccccc1.[OH-]. The summed E-state index contributed by atoms with van der Waals surface area (Å²) in [5.41, 5.74) is 1.45. The van der Waals surface area contributed by atoms with E-state index in [2.05, 4.69) is 51.4 Å². The molecular weight excluding hydrogens is 174 g/mol. The summed E-state index contributed by atoms with van der Waals surface area (Å²) in [6.07, 6.45) is 1.18. The number of nitrogens with zero attached hydrogens (tertiary/aromatic N) is 1. The van der Waals surface area contributed by atoms with Crippen molar-refractivity contribution < 1.29 is 9.96 Å². The van der Waals surface area contributed by atoms with Gasteiger partial charge in [-0.1, -0.05) is 30.3 Å². The highest BCUT2D eigenvalue weighted by Crippen LogP contribution is 2.03. The maximum absolute atomic E-state index is 2.28. The second-order valence-electron chi connectivity index (χ2n) is 4.21. The Morgan fingerprint density at radius 2 is 1.64 bits per heavy atom. The highest BCUT2D eigenvalue weighted by atomic mass is 16.0. The van der Waals surface area contributed by atoms with Crippen LogP contribution in [0.2, 0.25) is 0 Å². The first-order chi connectivity index (χ1) is 6.14. The van der Waals surface area contributed by atoms with Crippen LogP contribution in [0.1, 0.15) is 12.5 Å². The largest absolute Gasteiger partial charge is 0.870 e. The Balaban J connectivity index is 0.00000169. The molecule has 0 fully saturated rings. The molecule has 0 aromatic heterocycles. The van der Waals surface area contributed by atoms with E-state index in [4.69, 9.17) is 0 Å². The zero-order valence-electron chi connectivity index (χ0n) is 9.40. The van der Waals surface area contributed by atoms with Gasteiger partial charge in [0, 0.05) is 6.42 Å². The maximum atomic E-state index is 2.28. The average Bonchev–Trinajstić information content (AvgIpc) is 2.17. The van der Waals surface area contributed by atoms with Crippen molar-refractivity contribution in [3.05, 3.63) is 35.9 Å². The molecule has 1 rings (SSSR count). The summed E-state index contributed by atoms with van der Waals surface area (Å²) in [6, 6.07) is 10.7. The fourth-order valence-electron chi connectivity index (χ4n) is 1.23. The van der Waals surface area contributed by atoms with Crippen LogP contribution >= 0.6 is 0 Å². The van der Waals surface area contributed by atoms with Crippen LogP contribution in [0.3, 0.4) is 0 Å². The van der Waals surface area contributed by atoms with Crippen LogP contribution in [0.25, 0.3) is 0 Å². The van der Waals surface area contributed by atoms with E-state index < -0.39 is 0 Å². The number of rotatable bonds is 4. The van der Waals surface area contributed by atoms with Crippen LogP contribution in [-0.4, -0.2) is 37.1 Å². The molecule has 0 unspecified atom stereocenters. The lowest BCUT2D eigenvalue weighted by molar-refractivity contribution is -0.888. The second kappa shape index (κ2) is 5.78. The Hall–Kier alpha value is -0.860. The topological polar surface area (TPSA) is 30.0 Å². The zero-order chi connectivity index (χ0) is 9.73. The maximum Gasteiger partial charge on any atom is 0.0823 e. The van der Waals surface area contributed by atoms with Crippen LogP contribution in [0.5, 0.6) is 0 Å². The average molecular weight is 195 g/mol. The number of benzene rings is 1. The molecule has 0 aliphatic rings. The fourth-order valence-corrected chi connectivity index (χ4v) is 1.23. The van der Waals surface area contributed by atoms with Crippen LogP contribution < -0.4 is 0 Å². The highest BCUT2D eigenvalue weighted by Gasteiger charge is 2.10. The number of likely N-dealkylation sites (N-methyl/N-ethyl adjacent to an activating group) is 1. The van der Waals surface area contributed by atoms with Crippen molar-refractivity contribution in [3.8, 4) is 0 Å². The lowest BCUT2D eigenvalue weighted by Gasteiger charge is -2.28. The van der Waals surface area contributed by atoms with Gasteiger partial charge in [-0.3, -0.25) is 0 Å². The summed E-state index contributed by atoms with van der Waals surface area (Å²) in [7, 11) is 4.56. The molecule has 0 aliphatic heterocycles. The van der Waals surface area contributed by atoms with E-state index in [-0.39, 0.29) is 5.48 Å². The Kier molecular flexibility index (Phi) is 5.43. The van der Waals surface area contributed by atoms with Gasteiger partial charge in [0.25, 0.3) is 0 Å². The van der Waals surface area contributed by atoms with Gasteiger partial charge in [-0.05, 0) is 12.5 Å². The van der Waals surface area contributed by atoms with Crippen LogP contribution in [0, 0.1) is 0 Å². The zero-order valence-corrected chi connectivity index (χ0v) is 9.40. The Bertz CT molecular complexity index is 244. The molecule has 0 aliphatic carbocycles. The minimum absolute atomic E-state index is 0. The van der Waals surface area contributed by atoms with Crippen molar-refractivity contribution in [1.82, 2.24) is 0 Å². The molecule has 0 spiro atoms. The van der Waals surface area contributed by atoms with Gasteiger partial charge in [0.15, 0.2) is 0 Å². The molecule has 0 amide bonds. The molecule has 14 heavy (non-hydrogen) atoms. The minimum atomic E-state index is 0. The first kappa shape index (κ1) is 13.1. The summed E-state index contributed by atoms with van der Waals surface area (Å²) >= 11 is 0. The smallest absolute Gasteiger partial charge is 0.0823 e. The van der Waals surface area contributed by atoms with Gasteiger partial charge in [-0.2, -0.15) is 0 Å². The summed E-state index contributed by atoms with van der Waals surface area (Å²) in [4.78, 5) is 0. The third-order valence-electron chi connectivity index (χ3n) is 2.70. The van der Waals surface area contributed by atoms with E-state index in [1.54, 1.807) is 0 Å². The second-order valence-corrected chi connectivity index (χ2v) is 4.21. The number of quaternary nitrogens is 1. The third kappa shape index (κ3) is 4.40. The molecular formula is C12H21NO. The van der Waals surface area contributed by atoms with E-state index in [0.717, 1.165) is 4.48 Å². The van der Waals surface area contributed by atoms with Gasteiger partial charge in [0.1, 0.15) is 0 Å². The summed E-state index contributed by atoms with van der Waals surface area (Å²) in [6.45, 7) is 4.67. The third-order valence-corrected chi connectivity index (χ3v) is 2.70. The predicted molar refractivity (Wildman–Crippen MR) is 59.6 cm³/mol. The van der Waals surface area contributed by atoms with Crippen molar-refractivity contribution in [2.24, 2.45) is 0 Å². The van der Waals surface area contributed by atoms with Crippen molar-refractivity contribution in [2.45, 2.75) is 13.3 Å². The summed E-state index contributed by atoms with van der Waals surface area (Å²) < 4.78 is 1.11. The molecule has 2 heteroatoms. The standard InChI is InChI=1S/C12H20N.H2O/c1-4-13(2,3)11-10-12-8-6-5-7-9-12;/h5-9H,4,10-11H2,1-3H3;1H2/q+1;/p-1. The highest BCUT2D eigenvalue weighted by molar-refractivity contribution is 5.14. The first-order valence-corrected chi connectivity index (χ1v) is 5.00. The lowest BCUT2D eigenvalue weighted by atomic mass is 10.1. The molecule has 1 aromatic carbocycles. The van der Waals surface area contributed by atoms with Crippen molar-refractivity contribution in [3.63, 3.8) is 0 Å². The molecule has 80 valence electrons. The van der Waals surface area contributed by atoms with Gasteiger partial charge in [-0.15, -0.1) is 0 Å². The Labute approximate surface area is 87.1 Å². The Morgan fingerprint density at radius 1 is 1.07 bits per heavy atom. The molecule has 1 N–H and O–H groups in total. The van der Waals surface area contributed by atoms with E-state index in [1.807, 2.05) is 0 Å². The van der Waals surface area contributed by atoms with Crippen LogP contribution in [-0.2, 0) is 6.42 Å². The minimum Gasteiger partial charge on any atom is -0.870 e. The van der Waals surface area contributed by atoms with Crippen molar-refractivity contribution in [2.75, 3.05) is 27.2 Å². The normalized spacial score (nSPS) is 10.8. The van der Waals surface area contributed by atoms with Gasteiger partial charge >= 0.3 is 0 Å². The molecule has 0 saturated carbocycles. The molecule has 0 heterocycles. The van der Waals surface area contributed by atoms with Crippen LogP contribution in [0.15, 0.2) is 30.3 Å². The van der Waals surface area contributed by atoms with Crippen molar-refractivity contribution in [1.29, 1.82) is 0 Å². The fraction of sp³-hybridized carbons (Fsp3) is 0.500. The Morgan fingerprint density at radius 3 is 2.14 bits per heavy atom. The van der Waals surface area contributed by atoms with Gasteiger partial charge in [0.05, 0.1) is 27.2 Å².